The van der Waals surface area contributed by atoms with E-state index >= 15 is 0 Å². The van der Waals surface area contributed by atoms with Gasteiger partial charge in [-0.2, -0.15) is 0 Å². The normalized spacial score (nSPS) is 18.3. The van der Waals surface area contributed by atoms with Crippen LogP contribution in [-0.4, -0.2) is 16.6 Å². The minimum Gasteiger partial charge on any atom is -0.456 e. The van der Waals surface area contributed by atoms with Gasteiger partial charge in [-0.1, -0.05) is 140 Å². The standard InChI is InChI=1S/C51H36N4O2/c1-3-14-31(15-4-1)49-52-50(32-16-5-2-6-17-32)54-51(53-49)33-28-29-38-45(30-33)56-43-26-12-20-36(46(38)43)37-21-11-22-39-47-42(25-13-27-44(47)57-48(37)39)55-40-23-9-7-18-34(40)35-19-8-10-24-41(35)55/h1-16,18-30,32,50-51,54H,17H2,(H,52,53). The van der Waals surface area contributed by atoms with Gasteiger partial charge in [-0.05, 0) is 53.9 Å². The van der Waals surface area contributed by atoms with Gasteiger partial charge in [0.2, 0.25) is 0 Å². The first-order chi connectivity index (χ1) is 28.3. The van der Waals surface area contributed by atoms with Crippen molar-refractivity contribution in [2.75, 3.05) is 0 Å². The second-order valence-corrected chi connectivity index (χ2v) is 15.1. The summed E-state index contributed by atoms with van der Waals surface area (Å²) in [5.74, 6) is 1.18. The number of para-hydroxylation sites is 3. The van der Waals surface area contributed by atoms with Crippen molar-refractivity contribution in [2.24, 2.45) is 10.9 Å². The number of furan rings is 2. The lowest BCUT2D eigenvalue weighted by Crippen LogP contribution is -2.54. The Morgan fingerprint density at radius 3 is 2.11 bits per heavy atom. The SMILES string of the molecule is C1=CCC(C2NC(c3ccccc3)=NC(c3ccc4c(c3)oc3cccc(-c5cccc6c5oc5cccc(-n7c8ccccc8c8ccccc87)c56)c34)N2)C=C1. The highest BCUT2D eigenvalue weighted by atomic mass is 16.3. The van der Waals surface area contributed by atoms with Crippen LogP contribution in [0.4, 0.5) is 0 Å². The van der Waals surface area contributed by atoms with E-state index in [4.69, 9.17) is 13.8 Å². The minimum absolute atomic E-state index is 0.0154. The zero-order chi connectivity index (χ0) is 37.5. The van der Waals surface area contributed by atoms with Crippen LogP contribution in [0.15, 0.2) is 190 Å². The van der Waals surface area contributed by atoms with Crippen LogP contribution >= 0.6 is 0 Å². The van der Waals surface area contributed by atoms with Crippen LogP contribution in [0, 0.1) is 5.92 Å². The maximum absolute atomic E-state index is 6.86. The molecule has 7 aromatic carbocycles. The summed E-state index contributed by atoms with van der Waals surface area (Å²) in [5.41, 5.74) is 11.0. The summed E-state index contributed by atoms with van der Waals surface area (Å²) in [4.78, 5) is 5.20. The maximum Gasteiger partial charge on any atom is 0.143 e. The molecule has 12 rings (SSSR count). The third kappa shape index (κ3) is 5.04. The molecule has 57 heavy (non-hydrogen) atoms. The average Bonchev–Trinajstić information content (AvgIpc) is 3.96. The van der Waals surface area contributed by atoms with Gasteiger partial charge in [0, 0.05) is 44.0 Å². The molecule has 0 fully saturated rings. The van der Waals surface area contributed by atoms with Gasteiger partial charge in [0.1, 0.15) is 34.3 Å². The highest BCUT2D eigenvalue weighted by molar-refractivity contribution is 6.19. The molecule has 1 aliphatic heterocycles. The zero-order valence-corrected chi connectivity index (χ0v) is 30.9. The van der Waals surface area contributed by atoms with E-state index < -0.39 is 0 Å². The smallest absolute Gasteiger partial charge is 0.143 e. The summed E-state index contributed by atoms with van der Waals surface area (Å²) in [7, 11) is 0. The molecule has 1 aliphatic carbocycles. The molecule has 0 spiro atoms. The zero-order valence-electron chi connectivity index (χ0n) is 30.9. The molecule has 4 heterocycles. The molecule has 2 N–H and O–H groups in total. The van der Waals surface area contributed by atoms with E-state index in [1.807, 2.05) is 6.07 Å². The lowest BCUT2D eigenvalue weighted by Gasteiger charge is -2.35. The molecule has 2 aliphatic rings. The molecule has 0 saturated heterocycles. The van der Waals surface area contributed by atoms with E-state index in [0.717, 1.165) is 84.1 Å². The lowest BCUT2D eigenvalue weighted by molar-refractivity contribution is 0.328. The van der Waals surface area contributed by atoms with Gasteiger partial charge in [-0.3, -0.25) is 5.32 Å². The maximum atomic E-state index is 6.86. The fourth-order valence-corrected chi connectivity index (χ4v) is 9.21. The summed E-state index contributed by atoms with van der Waals surface area (Å²) in [6.45, 7) is 0. The van der Waals surface area contributed by atoms with Crippen molar-refractivity contribution >= 4 is 71.5 Å². The minimum atomic E-state index is -0.254. The van der Waals surface area contributed by atoms with Crippen LogP contribution in [0.25, 0.3) is 82.5 Å². The molecule has 3 atom stereocenters. The van der Waals surface area contributed by atoms with Crippen LogP contribution in [-0.2, 0) is 0 Å². The molecule has 0 saturated carbocycles. The number of hydrogen-bond acceptors (Lipinski definition) is 5. The van der Waals surface area contributed by atoms with E-state index in [1.54, 1.807) is 0 Å². The van der Waals surface area contributed by atoms with Crippen molar-refractivity contribution in [1.29, 1.82) is 0 Å². The van der Waals surface area contributed by atoms with Crippen LogP contribution in [0.3, 0.4) is 0 Å². The Labute approximate surface area is 328 Å². The van der Waals surface area contributed by atoms with E-state index in [9.17, 15) is 0 Å². The number of rotatable bonds is 5. The Balaban J connectivity index is 0.995. The molecule has 0 amide bonds. The molecule has 272 valence electrons. The number of fused-ring (bicyclic) bond motifs is 9. The van der Waals surface area contributed by atoms with Crippen molar-refractivity contribution in [3.8, 4) is 16.8 Å². The number of benzene rings is 7. The molecule has 3 aromatic heterocycles. The molecule has 10 aromatic rings. The average molecular weight is 737 g/mol. The quantitative estimate of drug-likeness (QED) is 0.185. The van der Waals surface area contributed by atoms with Crippen molar-refractivity contribution in [1.82, 2.24) is 15.2 Å². The summed E-state index contributed by atoms with van der Waals surface area (Å²) in [6, 6.07) is 53.4. The van der Waals surface area contributed by atoms with Crippen LogP contribution in [0.1, 0.15) is 23.7 Å². The van der Waals surface area contributed by atoms with E-state index in [2.05, 4.69) is 185 Å². The summed E-state index contributed by atoms with van der Waals surface area (Å²) in [5, 5.41) is 14.3. The summed E-state index contributed by atoms with van der Waals surface area (Å²) < 4.78 is 15.9. The van der Waals surface area contributed by atoms with Crippen molar-refractivity contribution < 1.29 is 8.83 Å². The number of nitrogens with zero attached hydrogens (tertiary/aromatic N) is 2. The van der Waals surface area contributed by atoms with Gasteiger partial charge in [0.15, 0.2) is 0 Å². The molecular weight excluding hydrogens is 701 g/mol. The number of nitrogens with one attached hydrogen (secondary N) is 2. The largest absolute Gasteiger partial charge is 0.456 e. The third-order valence-corrected chi connectivity index (χ3v) is 11.8. The van der Waals surface area contributed by atoms with Gasteiger partial charge in [0.05, 0.1) is 28.3 Å². The van der Waals surface area contributed by atoms with E-state index in [1.165, 1.54) is 21.8 Å². The van der Waals surface area contributed by atoms with Gasteiger partial charge < -0.3 is 18.7 Å². The van der Waals surface area contributed by atoms with Crippen molar-refractivity contribution in [3.63, 3.8) is 0 Å². The van der Waals surface area contributed by atoms with Gasteiger partial charge in [0.25, 0.3) is 0 Å². The first-order valence-corrected chi connectivity index (χ1v) is 19.6. The number of amidine groups is 1. The lowest BCUT2D eigenvalue weighted by atomic mass is 9.95. The van der Waals surface area contributed by atoms with Gasteiger partial charge in [-0.15, -0.1) is 0 Å². The highest BCUT2D eigenvalue weighted by Crippen LogP contribution is 2.44. The Bertz CT molecular complexity index is 3250. The van der Waals surface area contributed by atoms with Crippen LogP contribution < -0.4 is 10.6 Å². The Hall–Kier alpha value is -7.15. The van der Waals surface area contributed by atoms with E-state index in [0.29, 0.717) is 5.92 Å². The Kier molecular flexibility index (Phi) is 7.16. The number of hydrogen-bond donors (Lipinski definition) is 2. The fourth-order valence-electron chi connectivity index (χ4n) is 9.21. The predicted octanol–water partition coefficient (Wildman–Crippen LogP) is 12.3. The second kappa shape index (κ2) is 12.7. The predicted molar refractivity (Wildman–Crippen MR) is 233 cm³/mol. The van der Waals surface area contributed by atoms with Crippen molar-refractivity contribution in [3.05, 3.63) is 187 Å². The van der Waals surface area contributed by atoms with Gasteiger partial charge >= 0.3 is 0 Å². The Morgan fingerprint density at radius 2 is 1.30 bits per heavy atom. The molecule has 3 unspecified atom stereocenters. The monoisotopic (exact) mass is 736 g/mol. The Morgan fingerprint density at radius 1 is 0.579 bits per heavy atom. The van der Waals surface area contributed by atoms with Crippen molar-refractivity contribution in [2.45, 2.75) is 18.8 Å². The number of aliphatic imine (C=N–C) groups is 1. The highest BCUT2D eigenvalue weighted by Gasteiger charge is 2.30. The van der Waals surface area contributed by atoms with Crippen LogP contribution in [0.5, 0.6) is 0 Å². The number of allylic oxidation sites excluding steroid dienone is 3. The molecule has 0 radical (unpaired) electrons. The second-order valence-electron chi connectivity index (χ2n) is 15.1. The van der Waals surface area contributed by atoms with Gasteiger partial charge in [-0.25, -0.2) is 4.99 Å². The first kappa shape index (κ1) is 32.1. The van der Waals surface area contributed by atoms with Crippen LogP contribution in [0.2, 0.25) is 0 Å². The fraction of sp³-hybridized carbons (Fsp3) is 0.0784. The third-order valence-electron chi connectivity index (χ3n) is 11.8. The molecular formula is C51H36N4O2. The molecule has 0 bridgehead atoms. The molecule has 6 heteroatoms. The topological polar surface area (TPSA) is 67.6 Å². The summed E-state index contributed by atoms with van der Waals surface area (Å²) >= 11 is 0. The van der Waals surface area contributed by atoms with E-state index in [-0.39, 0.29) is 12.3 Å². The molecule has 6 nitrogen and oxygen atoms in total. The summed E-state index contributed by atoms with van der Waals surface area (Å²) in [6.07, 6.45) is 9.47. The first-order valence-electron chi connectivity index (χ1n) is 19.6. The number of aromatic nitrogens is 1.